The molecule has 1 unspecified atom stereocenters. The Morgan fingerprint density at radius 2 is 2.00 bits per heavy atom. The molecule has 3 rings (SSSR count). The number of halogens is 1. The molecule has 0 amide bonds. The van der Waals surface area contributed by atoms with Gasteiger partial charge in [-0.1, -0.05) is 11.6 Å². The van der Waals surface area contributed by atoms with E-state index in [0.29, 0.717) is 4.34 Å². The highest BCUT2D eigenvalue weighted by Crippen LogP contribution is 2.33. The minimum Gasteiger partial charge on any atom is -0.493 e. The van der Waals surface area contributed by atoms with Gasteiger partial charge in [-0.25, -0.2) is 0 Å². The molecule has 28 heavy (non-hydrogen) atoms. The van der Waals surface area contributed by atoms with Crippen molar-refractivity contribution in [3.05, 3.63) is 44.6 Å². The zero-order chi connectivity index (χ0) is 20.1. The molecular formula is C20H26ClN3O3S. The van der Waals surface area contributed by atoms with Gasteiger partial charge in [-0.3, -0.25) is 4.99 Å². The van der Waals surface area contributed by atoms with E-state index in [9.17, 15) is 5.11 Å². The maximum atomic E-state index is 10.4. The smallest absolute Gasteiger partial charge is 0.194 e. The number of aliphatic hydroxyl groups is 1. The largest absolute Gasteiger partial charge is 0.493 e. The first-order chi connectivity index (χ1) is 13.5. The van der Waals surface area contributed by atoms with E-state index in [-0.39, 0.29) is 6.54 Å². The Kier molecular flexibility index (Phi) is 7.04. The molecule has 152 valence electrons. The number of guanidine groups is 1. The van der Waals surface area contributed by atoms with E-state index in [4.69, 9.17) is 21.1 Å². The number of thiophene rings is 1. The van der Waals surface area contributed by atoms with Crippen molar-refractivity contribution in [2.45, 2.75) is 26.0 Å². The lowest BCUT2D eigenvalue weighted by atomic mass is 9.99. The van der Waals surface area contributed by atoms with E-state index < -0.39 is 6.10 Å². The van der Waals surface area contributed by atoms with Gasteiger partial charge in [0.2, 0.25) is 0 Å². The molecule has 0 fully saturated rings. The second kappa shape index (κ2) is 9.49. The molecule has 6 nitrogen and oxygen atoms in total. The normalized spacial score (nSPS) is 15.2. The van der Waals surface area contributed by atoms with E-state index in [1.54, 1.807) is 20.3 Å². The quantitative estimate of drug-likeness (QED) is 0.550. The van der Waals surface area contributed by atoms with E-state index >= 15 is 0 Å². The second-order valence-corrected chi connectivity index (χ2v) is 8.25. The standard InChI is InChI=1S/C20H26ClN3O3S/c1-4-22-20(23-11-15(25)18-5-6-19(21)28-18)24-8-7-13-9-16(26-2)17(27-3)10-14(13)12-24/h5-6,9-10,15,25H,4,7-8,11-12H2,1-3H3,(H,22,23). The Bertz CT molecular complexity index is 840. The first-order valence-electron chi connectivity index (χ1n) is 9.26. The fourth-order valence-electron chi connectivity index (χ4n) is 3.26. The van der Waals surface area contributed by atoms with Crippen molar-refractivity contribution in [3.8, 4) is 11.5 Å². The summed E-state index contributed by atoms with van der Waals surface area (Å²) in [7, 11) is 3.30. The van der Waals surface area contributed by atoms with Gasteiger partial charge in [-0.05, 0) is 48.7 Å². The van der Waals surface area contributed by atoms with Gasteiger partial charge >= 0.3 is 0 Å². The average molecular weight is 424 g/mol. The van der Waals surface area contributed by atoms with Crippen LogP contribution < -0.4 is 14.8 Å². The number of nitrogens with zero attached hydrogens (tertiary/aromatic N) is 2. The number of hydrogen-bond donors (Lipinski definition) is 2. The molecule has 8 heteroatoms. The van der Waals surface area contributed by atoms with E-state index in [1.165, 1.54) is 22.5 Å². The van der Waals surface area contributed by atoms with Crippen molar-refractivity contribution in [2.75, 3.05) is 33.9 Å². The maximum absolute atomic E-state index is 10.4. The van der Waals surface area contributed by atoms with Crippen molar-refractivity contribution in [1.29, 1.82) is 0 Å². The fourth-order valence-corrected chi connectivity index (χ4v) is 4.30. The van der Waals surface area contributed by atoms with Gasteiger partial charge in [0.15, 0.2) is 17.5 Å². The Hall–Kier alpha value is -1.96. The molecule has 2 aromatic rings. The molecule has 1 aliphatic heterocycles. The highest BCUT2D eigenvalue weighted by Gasteiger charge is 2.22. The maximum Gasteiger partial charge on any atom is 0.194 e. The van der Waals surface area contributed by atoms with Gasteiger partial charge < -0.3 is 24.8 Å². The number of hydrogen-bond acceptors (Lipinski definition) is 5. The lowest BCUT2D eigenvalue weighted by Crippen LogP contribution is -2.44. The third-order valence-electron chi connectivity index (χ3n) is 4.69. The van der Waals surface area contributed by atoms with Crippen molar-refractivity contribution in [3.63, 3.8) is 0 Å². The number of nitrogens with one attached hydrogen (secondary N) is 1. The number of ether oxygens (including phenoxy) is 2. The molecule has 2 N–H and O–H groups in total. The summed E-state index contributed by atoms with van der Waals surface area (Å²) in [6.07, 6.45) is 0.232. The summed E-state index contributed by atoms with van der Waals surface area (Å²) in [5, 5.41) is 13.7. The van der Waals surface area contributed by atoms with Crippen molar-refractivity contribution < 1.29 is 14.6 Å². The lowest BCUT2D eigenvalue weighted by molar-refractivity contribution is 0.190. The first kappa shape index (κ1) is 20.8. The summed E-state index contributed by atoms with van der Waals surface area (Å²) < 4.78 is 11.5. The lowest BCUT2D eigenvalue weighted by Gasteiger charge is -2.32. The minimum atomic E-state index is -0.660. The molecule has 0 saturated heterocycles. The minimum absolute atomic E-state index is 0.286. The topological polar surface area (TPSA) is 66.3 Å². The predicted molar refractivity (Wildman–Crippen MR) is 114 cm³/mol. The molecule has 0 spiro atoms. The van der Waals surface area contributed by atoms with Crippen molar-refractivity contribution in [1.82, 2.24) is 10.2 Å². The van der Waals surface area contributed by atoms with Gasteiger partial charge in [0.05, 0.1) is 25.1 Å². The molecule has 1 aromatic heterocycles. The van der Waals surface area contributed by atoms with Crippen LogP contribution in [0.15, 0.2) is 29.3 Å². The highest BCUT2D eigenvalue weighted by atomic mass is 35.5. The van der Waals surface area contributed by atoms with E-state index in [2.05, 4.69) is 21.3 Å². The van der Waals surface area contributed by atoms with Gasteiger partial charge in [-0.2, -0.15) is 0 Å². The van der Waals surface area contributed by atoms with Crippen LogP contribution in [0.25, 0.3) is 0 Å². The third kappa shape index (κ3) is 4.71. The third-order valence-corrected chi connectivity index (χ3v) is 6.02. The van der Waals surface area contributed by atoms with E-state index in [1.807, 2.05) is 19.1 Å². The molecule has 0 aliphatic carbocycles. The van der Waals surface area contributed by atoms with Crippen LogP contribution in [-0.2, 0) is 13.0 Å². The van der Waals surface area contributed by atoms with Crippen molar-refractivity contribution in [2.24, 2.45) is 4.99 Å². The van der Waals surface area contributed by atoms with Crippen LogP contribution in [0.2, 0.25) is 4.34 Å². The fraction of sp³-hybridized carbons (Fsp3) is 0.450. The van der Waals surface area contributed by atoms with E-state index in [0.717, 1.165) is 48.4 Å². The molecule has 0 radical (unpaired) electrons. The molecule has 1 aromatic carbocycles. The number of rotatable bonds is 6. The van der Waals surface area contributed by atoms with Crippen LogP contribution in [0.5, 0.6) is 11.5 Å². The number of fused-ring (bicyclic) bond motifs is 1. The van der Waals surface area contributed by atoms with Gasteiger partial charge in [0.1, 0.15) is 6.10 Å². The van der Waals surface area contributed by atoms with Gasteiger partial charge in [0.25, 0.3) is 0 Å². The van der Waals surface area contributed by atoms with Gasteiger partial charge in [0, 0.05) is 24.5 Å². The molecular weight excluding hydrogens is 398 g/mol. The Labute approximate surface area is 174 Å². The summed E-state index contributed by atoms with van der Waals surface area (Å²) in [5.74, 6) is 2.28. The molecule has 0 saturated carbocycles. The highest BCUT2D eigenvalue weighted by molar-refractivity contribution is 7.16. The Morgan fingerprint density at radius 3 is 2.61 bits per heavy atom. The number of methoxy groups -OCH3 is 2. The Balaban J connectivity index is 1.76. The molecule has 1 aliphatic rings. The number of aliphatic hydroxyl groups excluding tert-OH is 1. The summed E-state index contributed by atoms with van der Waals surface area (Å²) >= 11 is 7.35. The van der Waals surface area contributed by atoms with Crippen LogP contribution in [-0.4, -0.2) is 49.8 Å². The molecule has 1 atom stereocenters. The summed E-state index contributed by atoms with van der Waals surface area (Å²) in [6, 6.07) is 7.73. The van der Waals surface area contributed by atoms with Crippen molar-refractivity contribution >= 4 is 28.9 Å². The van der Waals surface area contributed by atoms with Crippen LogP contribution in [0.3, 0.4) is 0 Å². The van der Waals surface area contributed by atoms with Crippen LogP contribution in [0.4, 0.5) is 0 Å². The monoisotopic (exact) mass is 423 g/mol. The number of aliphatic imine (C=N–C) groups is 1. The second-order valence-electron chi connectivity index (χ2n) is 6.50. The zero-order valence-corrected chi connectivity index (χ0v) is 17.9. The Morgan fingerprint density at radius 1 is 1.29 bits per heavy atom. The molecule has 0 bridgehead atoms. The van der Waals surface area contributed by atoms with Crippen LogP contribution >= 0.6 is 22.9 Å². The van der Waals surface area contributed by atoms with Crippen LogP contribution in [0, 0.1) is 0 Å². The SMILES string of the molecule is CCNC(=NCC(O)c1ccc(Cl)s1)N1CCc2cc(OC)c(OC)cc2C1. The van der Waals surface area contributed by atoms with Gasteiger partial charge in [-0.15, -0.1) is 11.3 Å². The zero-order valence-electron chi connectivity index (χ0n) is 16.4. The molecule has 2 heterocycles. The average Bonchev–Trinajstić information content (AvgIpc) is 3.15. The summed E-state index contributed by atoms with van der Waals surface area (Å²) in [6.45, 7) is 4.65. The summed E-state index contributed by atoms with van der Waals surface area (Å²) in [4.78, 5) is 7.69. The summed E-state index contributed by atoms with van der Waals surface area (Å²) in [5.41, 5.74) is 2.46. The number of benzene rings is 1. The first-order valence-corrected chi connectivity index (χ1v) is 10.5. The predicted octanol–water partition coefficient (Wildman–Crippen LogP) is 3.48. The van der Waals surface area contributed by atoms with Crippen LogP contribution in [0.1, 0.15) is 29.0 Å².